The highest BCUT2D eigenvalue weighted by atomic mass is 35.5. The molecule has 2 aliphatic heterocycles. The molecule has 0 spiro atoms. The lowest BCUT2D eigenvalue weighted by atomic mass is 10.0. The van der Waals surface area contributed by atoms with E-state index in [1.165, 1.54) is 31.4 Å². The molecular weight excluding hydrogens is 507 g/mol. The number of amides is 2. The first kappa shape index (κ1) is 27.7. The maximum absolute atomic E-state index is 13.2. The minimum absolute atomic E-state index is 0.0716. The lowest BCUT2D eigenvalue weighted by molar-refractivity contribution is -0.118. The van der Waals surface area contributed by atoms with Gasteiger partial charge in [0.15, 0.2) is 5.78 Å². The Bertz CT molecular complexity index is 1260. The first-order valence-electron chi connectivity index (χ1n) is 13.0. The molecule has 9 heteroatoms. The molecule has 38 heavy (non-hydrogen) atoms. The third-order valence-corrected chi connectivity index (χ3v) is 7.26. The number of rotatable bonds is 10. The van der Waals surface area contributed by atoms with Crippen molar-refractivity contribution in [2.75, 3.05) is 25.0 Å². The molecule has 0 aromatic heterocycles. The number of piperidine rings is 1. The molecule has 1 unspecified atom stereocenters. The average molecular weight is 539 g/mol. The highest BCUT2D eigenvalue weighted by Gasteiger charge is 2.24. The van der Waals surface area contributed by atoms with Crippen molar-refractivity contribution in [1.29, 1.82) is 0 Å². The van der Waals surface area contributed by atoms with Gasteiger partial charge in [-0.1, -0.05) is 30.2 Å². The van der Waals surface area contributed by atoms with Crippen molar-refractivity contribution in [3.05, 3.63) is 75.7 Å². The van der Waals surface area contributed by atoms with Crippen molar-refractivity contribution >= 4 is 41.1 Å². The summed E-state index contributed by atoms with van der Waals surface area (Å²) in [6, 6.07) is 11.1. The van der Waals surface area contributed by atoms with E-state index in [2.05, 4.69) is 27.4 Å². The fourth-order valence-electron chi connectivity index (χ4n) is 4.77. The van der Waals surface area contributed by atoms with Crippen LogP contribution >= 0.6 is 11.6 Å². The second kappa shape index (κ2) is 12.9. The Morgan fingerprint density at radius 2 is 1.89 bits per heavy atom. The van der Waals surface area contributed by atoms with E-state index in [1.54, 1.807) is 30.5 Å². The van der Waals surface area contributed by atoms with Crippen LogP contribution in [0.15, 0.2) is 58.7 Å². The quantitative estimate of drug-likeness (QED) is 0.331. The summed E-state index contributed by atoms with van der Waals surface area (Å²) in [6.45, 7) is 4.82. The van der Waals surface area contributed by atoms with Crippen LogP contribution in [0.4, 0.5) is 10.1 Å². The Morgan fingerprint density at radius 1 is 1.11 bits per heavy atom. The number of hydrogen-bond donors (Lipinski definition) is 2. The van der Waals surface area contributed by atoms with Crippen molar-refractivity contribution < 1.29 is 18.8 Å². The molecule has 2 amide bonds. The van der Waals surface area contributed by atoms with Gasteiger partial charge in [0.05, 0.1) is 10.6 Å². The smallest absolute Gasteiger partial charge is 0.270 e. The summed E-state index contributed by atoms with van der Waals surface area (Å²) in [7, 11) is 0. The predicted octanol–water partition coefficient (Wildman–Crippen LogP) is 4.95. The lowest BCUT2D eigenvalue weighted by Gasteiger charge is -2.33. The topological polar surface area (TPSA) is 90.9 Å². The van der Waals surface area contributed by atoms with Crippen LogP contribution in [-0.2, 0) is 16.0 Å². The van der Waals surface area contributed by atoms with Crippen LogP contribution in [0.3, 0.4) is 0 Å². The number of Topliss-reactive ketones (excluding diaryl/α,β-unsaturated/α-hetero) is 1. The van der Waals surface area contributed by atoms with Crippen molar-refractivity contribution in [3.8, 4) is 0 Å². The van der Waals surface area contributed by atoms with Gasteiger partial charge in [-0.25, -0.2) is 4.39 Å². The highest BCUT2D eigenvalue weighted by molar-refractivity contribution is 6.34. The van der Waals surface area contributed by atoms with E-state index in [9.17, 15) is 18.8 Å². The van der Waals surface area contributed by atoms with Crippen molar-refractivity contribution in [2.45, 2.75) is 51.5 Å². The molecule has 2 aromatic rings. The van der Waals surface area contributed by atoms with E-state index < -0.39 is 11.7 Å². The maximum atomic E-state index is 13.2. The minimum atomic E-state index is -0.502. The Kier molecular flexibility index (Phi) is 9.42. The number of anilines is 1. The van der Waals surface area contributed by atoms with Crippen LogP contribution in [0.5, 0.6) is 0 Å². The van der Waals surface area contributed by atoms with Crippen LogP contribution < -0.4 is 10.6 Å². The molecule has 1 atom stereocenters. The molecule has 2 heterocycles. The molecule has 7 nitrogen and oxygen atoms in total. The second-order valence-electron chi connectivity index (χ2n) is 9.71. The Labute approximate surface area is 227 Å². The van der Waals surface area contributed by atoms with Gasteiger partial charge in [-0.2, -0.15) is 0 Å². The van der Waals surface area contributed by atoms with E-state index in [0.717, 1.165) is 31.1 Å². The monoisotopic (exact) mass is 538 g/mol. The van der Waals surface area contributed by atoms with Crippen LogP contribution in [0.1, 0.15) is 54.9 Å². The Morgan fingerprint density at radius 3 is 2.63 bits per heavy atom. The van der Waals surface area contributed by atoms with Crippen molar-refractivity contribution in [1.82, 2.24) is 10.2 Å². The lowest BCUT2D eigenvalue weighted by Crippen LogP contribution is -2.39. The molecule has 0 bridgehead atoms. The van der Waals surface area contributed by atoms with Gasteiger partial charge in [-0.05, 0) is 68.6 Å². The SMILES string of the molecule is CC1CCCCN1CCCNC(=O)C1=C(C(=O)Nc2ccc(CC(=O)c3ccc(F)cc3Cl)cc2)CC=N1. The summed E-state index contributed by atoms with van der Waals surface area (Å²) >= 11 is 5.99. The summed E-state index contributed by atoms with van der Waals surface area (Å²) in [5.74, 6) is -1.47. The van der Waals surface area contributed by atoms with Crippen LogP contribution in [0.2, 0.25) is 5.02 Å². The Hall–Kier alpha value is -3.36. The first-order valence-corrected chi connectivity index (χ1v) is 13.4. The molecule has 2 aliphatic rings. The van der Waals surface area contributed by atoms with Gasteiger partial charge < -0.3 is 15.5 Å². The number of aliphatic imine (C=N–C) groups is 1. The van der Waals surface area contributed by atoms with Crippen molar-refractivity contribution in [2.24, 2.45) is 4.99 Å². The maximum Gasteiger partial charge on any atom is 0.270 e. The van der Waals surface area contributed by atoms with Gasteiger partial charge in [-0.3, -0.25) is 19.4 Å². The molecule has 4 rings (SSSR count). The van der Waals surface area contributed by atoms with E-state index in [0.29, 0.717) is 23.8 Å². The molecule has 2 aromatic carbocycles. The van der Waals surface area contributed by atoms with E-state index in [1.807, 2.05) is 0 Å². The van der Waals surface area contributed by atoms with E-state index >= 15 is 0 Å². The van der Waals surface area contributed by atoms with Gasteiger partial charge in [0.25, 0.3) is 11.8 Å². The van der Waals surface area contributed by atoms with E-state index in [4.69, 9.17) is 11.6 Å². The molecule has 1 fully saturated rings. The van der Waals surface area contributed by atoms with Crippen molar-refractivity contribution in [3.63, 3.8) is 0 Å². The summed E-state index contributed by atoms with van der Waals surface area (Å²) in [5.41, 5.74) is 1.96. The number of hydrogen-bond acceptors (Lipinski definition) is 5. The number of nitrogens with one attached hydrogen (secondary N) is 2. The van der Waals surface area contributed by atoms with Gasteiger partial charge in [0.1, 0.15) is 11.5 Å². The molecule has 0 aliphatic carbocycles. The summed E-state index contributed by atoms with van der Waals surface area (Å²) in [6.07, 6.45) is 6.50. The van der Waals surface area contributed by atoms with Gasteiger partial charge in [0, 0.05) is 49.4 Å². The fraction of sp³-hybridized carbons (Fsp3) is 0.379. The average Bonchev–Trinajstić information content (AvgIpc) is 3.39. The van der Waals surface area contributed by atoms with Gasteiger partial charge >= 0.3 is 0 Å². The number of likely N-dealkylation sites (tertiary alicyclic amines) is 1. The minimum Gasteiger partial charge on any atom is -0.351 e. The molecule has 0 saturated carbocycles. The third kappa shape index (κ3) is 7.14. The second-order valence-corrected chi connectivity index (χ2v) is 10.1. The first-order chi connectivity index (χ1) is 18.3. The fourth-order valence-corrected chi connectivity index (χ4v) is 5.04. The van der Waals surface area contributed by atoms with Crippen LogP contribution in [0, 0.1) is 5.82 Å². The molecule has 0 radical (unpaired) electrons. The molecular formula is C29H32ClFN4O3. The molecule has 200 valence electrons. The standard InChI is InChI=1S/C29H32ClFN4O3/c1-19-5-2-3-15-35(19)16-4-13-33-29(38)27-24(12-14-32-27)28(37)34-22-9-6-20(7-10-22)17-26(36)23-11-8-21(31)18-25(23)30/h6-11,14,18-19H,2-5,12-13,15-17H2,1H3,(H,33,38)(H,34,37). The number of benzene rings is 2. The van der Waals surface area contributed by atoms with Crippen LogP contribution in [-0.4, -0.2) is 54.4 Å². The number of carbonyl (C=O) groups is 3. The zero-order chi connectivity index (χ0) is 27.1. The van der Waals surface area contributed by atoms with Crippen LogP contribution in [0.25, 0.3) is 0 Å². The summed E-state index contributed by atoms with van der Waals surface area (Å²) < 4.78 is 13.2. The molecule has 2 N–H and O–H groups in total. The normalized spacial score (nSPS) is 17.5. The van der Waals surface area contributed by atoms with Gasteiger partial charge in [0.2, 0.25) is 0 Å². The van der Waals surface area contributed by atoms with Gasteiger partial charge in [-0.15, -0.1) is 0 Å². The third-order valence-electron chi connectivity index (χ3n) is 6.95. The number of carbonyl (C=O) groups excluding carboxylic acids is 3. The number of nitrogens with zero attached hydrogens (tertiary/aromatic N) is 2. The largest absolute Gasteiger partial charge is 0.351 e. The summed E-state index contributed by atoms with van der Waals surface area (Å²) in [5, 5.41) is 5.77. The Balaban J connectivity index is 1.28. The summed E-state index contributed by atoms with van der Waals surface area (Å²) in [4.78, 5) is 44.7. The number of ketones is 1. The predicted molar refractivity (Wildman–Crippen MR) is 147 cm³/mol. The highest BCUT2D eigenvalue weighted by Crippen LogP contribution is 2.22. The number of halogens is 2. The molecule has 1 saturated heterocycles. The zero-order valence-corrected chi connectivity index (χ0v) is 22.2. The van der Waals surface area contributed by atoms with E-state index in [-0.39, 0.29) is 40.8 Å². The zero-order valence-electron chi connectivity index (χ0n) is 21.4.